The molecule has 0 radical (unpaired) electrons. The molecule has 2 heterocycles. The van der Waals surface area contributed by atoms with E-state index in [9.17, 15) is 13.2 Å². The molecule has 0 aliphatic carbocycles. The lowest BCUT2D eigenvalue weighted by atomic mass is 10.4. The van der Waals surface area contributed by atoms with Crippen LogP contribution in [0, 0.1) is 0 Å². The molecule has 0 unspecified atom stereocenters. The molecule has 0 bridgehead atoms. The van der Waals surface area contributed by atoms with E-state index < -0.39 is 15.6 Å². The largest absolute Gasteiger partial charge is 0.328 e. The molecule has 1 aromatic heterocycles. The van der Waals surface area contributed by atoms with Gasteiger partial charge in [0.25, 0.3) is 5.56 Å². The smallest absolute Gasteiger partial charge is 0.268 e. The molecule has 1 fully saturated rings. The molecule has 1 aliphatic rings. The van der Waals surface area contributed by atoms with E-state index >= 15 is 0 Å². The molecular weight excluding hydrogens is 242 g/mol. The van der Waals surface area contributed by atoms with Crippen LogP contribution in [-0.2, 0) is 10.0 Å². The molecule has 94 valence electrons. The lowest BCUT2D eigenvalue weighted by Crippen LogP contribution is -2.47. The number of H-pyrrole nitrogens is 1. The Kier molecular flexibility index (Phi) is 3.32. The number of hydrogen-bond donors (Lipinski definition) is 1. The Labute approximate surface area is 99.9 Å². The maximum absolute atomic E-state index is 12.2. The highest BCUT2D eigenvalue weighted by Crippen LogP contribution is 2.13. The normalized spacial score (nSPS) is 19.4. The molecule has 2 rings (SSSR count). The van der Waals surface area contributed by atoms with E-state index in [1.807, 2.05) is 7.05 Å². The Morgan fingerprint density at radius 1 is 1.24 bits per heavy atom. The summed E-state index contributed by atoms with van der Waals surface area (Å²) in [6.45, 7) is 2.22. The molecule has 1 saturated heterocycles. The standard InChI is InChI=1S/C10H15N3O3S/c1-12-5-7-13(8-6-12)17(15,16)9-3-2-4-11-10(9)14/h2-4H,5-8H2,1H3,(H,11,14). The van der Waals surface area contributed by atoms with Crippen LogP contribution >= 0.6 is 0 Å². The van der Waals surface area contributed by atoms with Gasteiger partial charge in [0.2, 0.25) is 10.0 Å². The lowest BCUT2D eigenvalue weighted by molar-refractivity contribution is 0.222. The van der Waals surface area contributed by atoms with Crippen molar-refractivity contribution in [1.82, 2.24) is 14.2 Å². The van der Waals surface area contributed by atoms with Crippen LogP contribution in [0.1, 0.15) is 0 Å². The molecule has 0 aromatic carbocycles. The number of nitrogens with one attached hydrogen (secondary N) is 1. The molecule has 0 saturated carbocycles. The van der Waals surface area contributed by atoms with E-state index in [0.29, 0.717) is 26.2 Å². The highest BCUT2D eigenvalue weighted by atomic mass is 32.2. The summed E-state index contributed by atoms with van der Waals surface area (Å²) in [5.41, 5.74) is -0.563. The molecule has 1 aromatic rings. The summed E-state index contributed by atoms with van der Waals surface area (Å²) < 4.78 is 25.8. The van der Waals surface area contributed by atoms with Gasteiger partial charge < -0.3 is 9.88 Å². The monoisotopic (exact) mass is 257 g/mol. The van der Waals surface area contributed by atoms with E-state index in [2.05, 4.69) is 9.88 Å². The van der Waals surface area contributed by atoms with Crippen molar-refractivity contribution in [3.63, 3.8) is 0 Å². The fourth-order valence-corrected chi connectivity index (χ4v) is 3.24. The van der Waals surface area contributed by atoms with Gasteiger partial charge in [-0.05, 0) is 19.2 Å². The van der Waals surface area contributed by atoms with Crippen LogP contribution in [0.4, 0.5) is 0 Å². The number of piperazine rings is 1. The van der Waals surface area contributed by atoms with Gasteiger partial charge in [0.1, 0.15) is 4.90 Å². The number of aromatic amines is 1. The second-order valence-electron chi connectivity index (χ2n) is 4.07. The minimum atomic E-state index is -3.65. The maximum Gasteiger partial charge on any atom is 0.268 e. The van der Waals surface area contributed by atoms with Crippen molar-refractivity contribution >= 4 is 10.0 Å². The van der Waals surface area contributed by atoms with Crippen molar-refractivity contribution < 1.29 is 8.42 Å². The zero-order valence-corrected chi connectivity index (χ0v) is 10.4. The van der Waals surface area contributed by atoms with Gasteiger partial charge in [-0.2, -0.15) is 4.31 Å². The molecule has 1 aliphatic heterocycles. The zero-order valence-electron chi connectivity index (χ0n) is 9.59. The van der Waals surface area contributed by atoms with Gasteiger partial charge in [-0.3, -0.25) is 4.79 Å². The van der Waals surface area contributed by atoms with Crippen LogP contribution in [-0.4, -0.2) is 55.8 Å². The van der Waals surface area contributed by atoms with Gasteiger partial charge in [-0.25, -0.2) is 8.42 Å². The Morgan fingerprint density at radius 2 is 1.88 bits per heavy atom. The van der Waals surface area contributed by atoms with E-state index in [0.717, 1.165) is 0 Å². The highest BCUT2D eigenvalue weighted by Gasteiger charge is 2.29. The molecule has 7 heteroatoms. The zero-order chi connectivity index (χ0) is 12.5. The first-order valence-electron chi connectivity index (χ1n) is 5.38. The summed E-state index contributed by atoms with van der Waals surface area (Å²) in [6.07, 6.45) is 1.42. The predicted octanol–water partition coefficient (Wildman–Crippen LogP) is -0.689. The van der Waals surface area contributed by atoms with E-state index in [4.69, 9.17) is 0 Å². The summed E-state index contributed by atoms with van der Waals surface area (Å²) in [7, 11) is -1.71. The van der Waals surface area contributed by atoms with Gasteiger partial charge in [-0.15, -0.1) is 0 Å². The number of likely N-dealkylation sites (N-methyl/N-ethyl adjacent to an activating group) is 1. The molecule has 0 atom stereocenters. The summed E-state index contributed by atoms with van der Waals surface area (Å²) in [4.78, 5) is 15.8. The summed E-state index contributed by atoms with van der Waals surface area (Å²) in [5, 5.41) is 0. The molecule has 1 N–H and O–H groups in total. The Hall–Kier alpha value is -1.18. The number of sulfonamides is 1. The van der Waals surface area contributed by atoms with Gasteiger partial charge in [0.05, 0.1) is 0 Å². The average molecular weight is 257 g/mol. The number of aromatic nitrogens is 1. The first kappa shape index (κ1) is 12.3. The SMILES string of the molecule is CN1CCN(S(=O)(=O)c2ccc[nH]c2=O)CC1. The summed E-state index contributed by atoms with van der Waals surface area (Å²) in [5.74, 6) is 0. The number of pyridine rings is 1. The first-order chi connectivity index (χ1) is 8.01. The molecule has 0 amide bonds. The summed E-state index contributed by atoms with van der Waals surface area (Å²) >= 11 is 0. The highest BCUT2D eigenvalue weighted by molar-refractivity contribution is 7.89. The quantitative estimate of drug-likeness (QED) is 0.761. The third kappa shape index (κ3) is 2.41. The predicted molar refractivity (Wildman–Crippen MR) is 63.3 cm³/mol. The van der Waals surface area contributed by atoms with Crippen LogP contribution < -0.4 is 5.56 Å². The van der Waals surface area contributed by atoms with Crippen LogP contribution in [0.2, 0.25) is 0 Å². The average Bonchev–Trinajstić information content (AvgIpc) is 2.30. The third-order valence-corrected chi connectivity index (χ3v) is 4.78. The second kappa shape index (κ2) is 4.59. The molecular formula is C10H15N3O3S. The van der Waals surface area contributed by atoms with Crippen molar-refractivity contribution in [3.05, 3.63) is 28.7 Å². The lowest BCUT2D eigenvalue weighted by Gasteiger charge is -2.31. The number of nitrogens with zero attached hydrogens (tertiary/aromatic N) is 2. The molecule has 6 nitrogen and oxygen atoms in total. The number of rotatable bonds is 2. The van der Waals surface area contributed by atoms with Gasteiger partial charge in [0.15, 0.2) is 0 Å². The van der Waals surface area contributed by atoms with Crippen molar-refractivity contribution in [2.75, 3.05) is 33.2 Å². The second-order valence-corrected chi connectivity index (χ2v) is 5.98. The van der Waals surface area contributed by atoms with Gasteiger partial charge >= 0.3 is 0 Å². The van der Waals surface area contributed by atoms with E-state index in [1.54, 1.807) is 0 Å². The van der Waals surface area contributed by atoms with Crippen LogP contribution in [0.3, 0.4) is 0 Å². The first-order valence-corrected chi connectivity index (χ1v) is 6.82. The third-order valence-electron chi connectivity index (χ3n) is 2.86. The van der Waals surface area contributed by atoms with Crippen LogP contribution in [0.5, 0.6) is 0 Å². The minimum absolute atomic E-state index is 0.176. The minimum Gasteiger partial charge on any atom is -0.328 e. The van der Waals surface area contributed by atoms with E-state index in [1.165, 1.54) is 22.6 Å². The fraction of sp³-hybridized carbons (Fsp3) is 0.500. The van der Waals surface area contributed by atoms with Gasteiger partial charge in [-0.1, -0.05) is 0 Å². The molecule has 17 heavy (non-hydrogen) atoms. The Morgan fingerprint density at radius 3 is 2.47 bits per heavy atom. The Balaban J connectivity index is 2.32. The fourth-order valence-electron chi connectivity index (χ4n) is 1.78. The Bertz CT molecular complexity index is 544. The van der Waals surface area contributed by atoms with Crippen molar-refractivity contribution in [3.8, 4) is 0 Å². The van der Waals surface area contributed by atoms with Crippen molar-refractivity contribution in [1.29, 1.82) is 0 Å². The van der Waals surface area contributed by atoms with Gasteiger partial charge in [0, 0.05) is 32.4 Å². The van der Waals surface area contributed by atoms with Crippen LogP contribution in [0.15, 0.2) is 28.0 Å². The van der Waals surface area contributed by atoms with E-state index in [-0.39, 0.29) is 4.90 Å². The maximum atomic E-state index is 12.2. The van der Waals surface area contributed by atoms with Crippen molar-refractivity contribution in [2.45, 2.75) is 4.90 Å². The van der Waals surface area contributed by atoms with Crippen LogP contribution in [0.25, 0.3) is 0 Å². The topological polar surface area (TPSA) is 73.5 Å². The number of hydrogen-bond acceptors (Lipinski definition) is 4. The summed E-state index contributed by atoms with van der Waals surface area (Å²) in [6, 6.07) is 2.86. The molecule has 0 spiro atoms. The van der Waals surface area contributed by atoms with Crippen molar-refractivity contribution in [2.24, 2.45) is 0 Å².